The molecule has 2 rings (SSSR count). The maximum Gasteiger partial charge on any atom is 0.0587 e. The second-order valence-electron chi connectivity index (χ2n) is 4.96. The normalized spacial score (nSPS) is 11.6. The first-order valence-corrected chi connectivity index (χ1v) is 8.34. The number of rotatable bonds is 2. The second-order valence-corrected chi connectivity index (χ2v) is 4.96. The minimum atomic E-state index is 0.785. The molecule has 0 amide bonds. The van der Waals surface area contributed by atoms with Gasteiger partial charge in [-0.3, -0.25) is 0 Å². The molecule has 3 heteroatoms. The van der Waals surface area contributed by atoms with E-state index in [-0.39, 0.29) is 0 Å². The van der Waals surface area contributed by atoms with Gasteiger partial charge in [-0.15, -0.1) is 12.8 Å². The number of hydrogen-bond acceptors (Lipinski definition) is 3. The zero-order valence-electron chi connectivity index (χ0n) is 16.1. The van der Waals surface area contributed by atoms with Crippen LogP contribution in [-0.4, -0.2) is 25.0 Å². The van der Waals surface area contributed by atoms with E-state index >= 15 is 0 Å². The molecular weight excluding hydrogens is 294 g/mol. The van der Waals surface area contributed by atoms with Crippen LogP contribution in [0.15, 0.2) is 30.8 Å². The van der Waals surface area contributed by atoms with Gasteiger partial charge in [0.05, 0.1) is 6.07 Å². The summed E-state index contributed by atoms with van der Waals surface area (Å²) in [5.41, 5.74) is 7.34. The van der Waals surface area contributed by atoms with Crippen molar-refractivity contribution in [3.63, 3.8) is 0 Å². The number of nitrogen functional groups attached to an aromatic ring is 1. The number of benzene rings is 1. The molecule has 2 N–H and O–H groups in total. The summed E-state index contributed by atoms with van der Waals surface area (Å²) < 4.78 is 0. The molecule has 1 fully saturated rings. The fraction of sp³-hybridized carbons (Fsp3) is 0.476. The van der Waals surface area contributed by atoms with Gasteiger partial charge in [0, 0.05) is 18.7 Å². The number of nitrogens with two attached hydrogens (primary N) is 1. The Hall–Kier alpha value is -2.23. The topological polar surface area (TPSA) is 53.1 Å². The molecule has 1 aliphatic carbocycles. The highest BCUT2D eigenvalue weighted by molar-refractivity contribution is 5.62. The van der Waals surface area contributed by atoms with Crippen molar-refractivity contribution >= 4 is 11.8 Å². The average molecular weight is 330 g/mol. The molecule has 0 atom stereocenters. The highest BCUT2D eigenvalue weighted by atomic mass is 15.1. The minimum Gasteiger partial charge on any atom is -0.398 e. The van der Waals surface area contributed by atoms with Gasteiger partial charge in [-0.2, -0.15) is 5.26 Å². The average Bonchev–Trinajstić information content (AvgIpc) is 3.15. The lowest BCUT2D eigenvalue weighted by Gasteiger charge is -2.17. The second kappa shape index (κ2) is 20.8. The molecule has 1 aromatic carbocycles. The molecule has 0 heterocycles. The van der Waals surface area contributed by atoms with E-state index in [9.17, 15) is 0 Å². The Morgan fingerprint density at radius 2 is 1.62 bits per heavy atom. The molecule has 1 aliphatic rings. The first-order chi connectivity index (χ1) is 11.6. The largest absolute Gasteiger partial charge is 0.398 e. The van der Waals surface area contributed by atoms with Crippen LogP contribution in [0.2, 0.25) is 0 Å². The van der Waals surface area contributed by atoms with Crippen molar-refractivity contribution in [2.75, 3.05) is 19.8 Å². The Bertz CT molecular complexity index is 450. The number of nitrogens with zero attached hydrogens (tertiary/aromatic N) is 2. The fourth-order valence-corrected chi connectivity index (χ4v) is 2.12. The summed E-state index contributed by atoms with van der Waals surface area (Å²) in [6, 6.07) is 10.3. The van der Waals surface area contributed by atoms with Crippen LogP contribution >= 0.6 is 0 Å². The van der Waals surface area contributed by atoms with Gasteiger partial charge in [-0.1, -0.05) is 57.5 Å². The molecule has 24 heavy (non-hydrogen) atoms. The predicted octanol–water partition coefficient (Wildman–Crippen LogP) is 5.21. The van der Waals surface area contributed by atoms with Gasteiger partial charge in [0.1, 0.15) is 0 Å². The van der Waals surface area contributed by atoms with Crippen LogP contribution in [0.25, 0.3) is 6.08 Å². The lowest BCUT2D eigenvalue weighted by atomic mass is 10.2. The van der Waals surface area contributed by atoms with Crippen molar-refractivity contribution in [3.05, 3.63) is 36.4 Å². The Balaban J connectivity index is -0.000000270. The van der Waals surface area contributed by atoms with Gasteiger partial charge in [-0.05, 0) is 38.6 Å². The van der Waals surface area contributed by atoms with Crippen LogP contribution in [-0.2, 0) is 0 Å². The molecule has 0 bridgehead atoms. The van der Waals surface area contributed by atoms with Crippen molar-refractivity contribution in [1.82, 2.24) is 4.90 Å². The molecule has 0 aliphatic heterocycles. The molecule has 134 valence electrons. The number of anilines is 1. The van der Waals surface area contributed by atoms with E-state index in [1.807, 2.05) is 38.1 Å². The Kier molecular flexibility index (Phi) is 23.1. The standard InChI is InChI=1S/C8H9N.C7H15N.C2H3N.C2H6.C2H2/c1-2-7-5-3-4-6-8(7)9;1-8(2)7-5-3-4-6-7;1-2-3;2*1-2/h2-6H,1,9H2;7H,3-6H2,1-2H3;1H3;1-2H3;1-2H. The number of hydrogen-bond donors (Lipinski definition) is 1. The predicted molar refractivity (Wildman–Crippen MR) is 109 cm³/mol. The molecule has 3 nitrogen and oxygen atoms in total. The summed E-state index contributed by atoms with van der Waals surface area (Å²) in [6.45, 7) is 9.04. The maximum atomic E-state index is 7.32. The first-order valence-electron chi connectivity index (χ1n) is 8.34. The number of nitriles is 1. The van der Waals surface area contributed by atoms with Crippen LogP contribution in [0.4, 0.5) is 5.69 Å². The third kappa shape index (κ3) is 14.7. The van der Waals surface area contributed by atoms with Crippen LogP contribution < -0.4 is 5.73 Å². The fourth-order valence-electron chi connectivity index (χ4n) is 2.12. The van der Waals surface area contributed by atoms with Crippen molar-refractivity contribution in [1.29, 1.82) is 5.26 Å². The van der Waals surface area contributed by atoms with E-state index in [1.165, 1.54) is 32.6 Å². The third-order valence-electron chi connectivity index (χ3n) is 3.27. The number of terminal acetylenes is 1. The molecule has 0 aromatic heterocycles. The smallest absolute Gasteiger partial charge is 0.0587 e. The summed E-state index contributed by atoms with van der Waals surface area (Å²) in [6.07, 6.45) is 15.5. The summed E-state index contributed by atoms with van der Waals surface area (Å²) in [5, 5.41) is 7.32. The zero-order valence-corrected chi connectivity index (χ0v) is 16.1. The highest BCUT2D eigenvalue weighted by Gasteiger charge is 2.15. The Morgan fingerprint density at radius 1 is 1.21 bits per heavy atom. The van der Waals surface area contributed by atoms with Crippen molar-refractivity contribution < 1.29 is 0 Å². The van der Waals surface area contributed by atoms with Crippen LogP contribution in [0, 0.1) is 24.2 Å². The Labute approximate surface area is 150 Å². The van der Waals surface area contributed by atoms with E-state index in [4.69, 9.17) is 11.0 Å². The molecule has 1 saturated carbocycles. The van der Waals surface area contributed by atoms with Gasteiger partial charge in [0.25, 0.3) is 0 Å². The molecule has 1 aromatic rings. The maximum absolute atomic E-state index is 7.32. The van der Waals surface area contributed by atoms with Crippen molar-refractivity contribution in [3.8, 4) is 18.9 Å². The van der Waals surface area contributed by atoms with Crippen LogP contribution in [0.5, 0.6) is 0 Å². The summed E-state index contributed by atoms with van der Waals surface area (Å²) in [7, 11) is 4.35. The summed E-state index contributed by atoms with van der Waals surface area (Å²) in [5.74, 6) is 0. The first kappa shape index (κ1) is 26.7. The van der Waals surface area contributed by atoms with E-state index in [0.717, 1.165) is 17.3 Å². The minimum absolute atomic E-state index is 0.785. The molecule has 0 spiro atoms. The monoisotopic (exact) mass is 329 g/mol. The SMILES string of the molecule is C#C.C=Cc1ccccc1N.CC.CC#N.CN(C)C1CCCC1. The number of para-hydroxylation sites is 1. The summed E-state index contributed by atoms with van der Waals surface area (Å²) >= 11 is 0. The third-order valence-corrected chi connectivity index (χ3v) is 3.27. The van der Waals surface area contributed by atoms with E-state index in [0.29, 0.717) is 0 Å². The quantitative estimate of drug-likeness (QED) is 0.598. The molecule has 0 unspecified atom stereocenters. The van der Waals surface area contributed by atoms with Gasteiger partial charge in [0.15, 0.2) is 0 Å². The van der Waals surface area contributed by atoms with Crippen molar-refractivity contribution in [2.24, 2.45) is 0 Å². The highest BCUT2D eigenvalue weighted by Crippen LogP contribution is 2.20. The molecular formula is C21H35N3. The van der Waals surface area contributed by atoms with Gasteiger partial charge in [0.2, 0.25) is 0 Å². The van der Waals surface area contributed by atoms with Gasteiger partial charge in [-0.25, -0.2) is 0 Å². The summed E-state index contributed by atoms with van der Waals surface area (Å²) in [4.78, 5) is 2.34. The van der Waals surface area contributed by atoms with Gasteiger partial charge >= 0.3 is 0 Å². The Morgan fingerprint density at radius 3 is 1.88 bits per heavy atom. The lowest BCUT2D eigenvalue weighted by Crippen LogP contribution is -2.23. The van der Waals surface area contributed by atoms with Gasteiger partial charge < -0.3 is 10.6 Å². The van der Waals surface area contributed by atoms with Crippen molar-refractivity contribution in [2.45, 2.75) is 52.5 Å². The van der Waals surface area contributed by atoms with E-state index in [1.54, 1.807) is 12.1 Å². The zero-order chi connectivity index (χ0) is 19.4. The van der Waals surface area contributed by atoms with E-state index < -0.39 is 0 Å². The molecule has 0 saturated heterocycles. The lowest BCUT2D eigenvalue weighted by molar-refractivity contribution is 0.299. The van der Waals surface area contributed by atoms with E-state index in [2.05, 4.69) is 38.4 Å². The molecule has 0 radical (unpaired) electrons. The van der Waals surface area contributed by atoms with Crippen LogP contribution in [0.1, 0.15) is 52.0 Å². The van der Waals surface area contributed by atoms with Crippen LogP contribution in [0.3, 0.4) is 0 Å².